The number of nitrogens with zero attached hydrogens (tertiary/aromatic N) is 1. The first-order chi connectivity index (χ1) is 17.0. The number of rotatable bonds is 5. The lowest BCUT2D eigenvalue weighted by atomic mass is 9.97. The smallest absolute Gasteiger partial charge is 0.259 e. The van der Waals surface area contributed by atoms with Gasteiger partial charge in [-0.1, -0.05) is 48.5 Å². The van der Waals surface area contributed by atoms with Crippen molar-refractivity contribution < 1.29 is 23.8 Å². The minimum Gasteiger partial charge on any atom is -0.493 e. The van der Waals surface area contributed by atoms with Crippen molar-refractivity contribution in [3.63, 3.8) is 0 Å². The van der Waals surface area contributed by atoms with Crippen LogP contribution < -0.4 is 24.4 Å². The zero-order chi connectivity index (χ0) is 24.5. The van der Waals surface area contributed by atoms with Crippen LogP contribution in [0.2, 0.25) is 0 Å². The number of fused-ring (bicyclic) bond motifs is 2. The van der Waals surface area contributed by atoms with E-state index in [-0.39, 0.29) is 18.4 Å². The summed E-state index contributed by atoms with van der Waals surface area (Å²) in [6.07, 6.45) is 0. The van der Waals surface area contributed by atoms with Crippen LogP contribution in [-0.4, -0.2) is 39.7 Å². The second-order valence-electron chi connectivity index (χ2n) is 8.11. The van der Waals surface area contributed by atoms with Crippen LogP contribution in [0.1, 0.15) is 10.4 Å². The molecular weight excluding hydrogens is 444 g/mol. The SMILES string of the molecule is COc1cc(C(=O)N2CC(=O)Nc3cc(-c4cccc5ccccc45)ccc32)cc(OC)c1OC. The van der Waals surface area contributed by atoms with E-state index >= 15 is 0 Å². The Morgan fingerprint density at radius 3 is 2.29 bits per heavy atom. The van der Waals surface area contributed by atoms with Crippen LogP contribution in [0.5, 0.6) is 17.2 Å². The molecule has 0 aromatic heterocycles. The maximum absolute atomic E-state index is 13.6. The summed E-state index contributed by atoms with van der Waals surface area (Å²) >= 11 is 0. The maximum atomic E-state index is 13.6. The van der Waals surface area contributed by atoms with E-state index in [9.17, 15) is 9.59 Å². The Morgan fingerprint density at radius 1 is 0.857 bits per heavy atom. The van der Waals surface area contributed by atoms with Crippen LogP contribution >= 0.6 is 0 Å². The second kappa shape index (κ2) is 9.02. The Bertz CT molecular complexity index is 1430. The van der Waals surface area contributed by atoms with Crippen LogP contribution in [0.4, 0.5) is 11.4 Å². The highest BCUT2D eigenvalue weighted by Gasteiger charge is 2.29. The molecule has 1 aliphatic rings. The van der Waals surface area contributed by atoms with Crippen LogP contribution in [0, 0.1) is 0 Å². The predicted molar refractivity (Wildman–Crippen MR) is 136 cm³/mol. The van der Waals surface area contributed by atoms with Crippen molar-refractivity contribution in [1.29, 1.82) is 0 Å². The molecule has 4 aromatic rings. The Hall–Kier alpha value is -4.52. The molecule has 1 N–H and O–H groups in total. The summed E-state index contributed by atoms with van der Waals surface area (Å²) < 4.78 is 16.1. The number of ether oxygens (including phenoxy) is 3. The highest BCUT2D eigenvalue weighted by Crippen LogP contribution is 2.40. The molecule has 1 aliphatic heterocycles. The predicted octanol–water partition coefficient (Wildman–Crippen LogP) is 5.13. The number of hydrogen-bond donors (Lipinski definition) is 1. The quantitative estimate of drug-likeness (QED) is 0.439. The lowest BCUT2D eigenvalue weighted by molar-refractivity contribution is -0.115. The Balaban J connectivity index is 1.57. The number of carbonyl (C=O) groups is 2. The lowest BCUT2D eigenvalue weighted by Gasteiger charge is -2.30. The molecule has 0 atom stereocenters. The summed E-state index contributed by atoms with van der Waals surface area (Å²) in [4.78, 5) is 27.6. The van der Waals surface area contributed by atoms with Gasteiger partial charge in [-0.25, -0.2) is 0 Å². The van der Waals surface area contributed by atoms with Gasteiger partial charge in [0.05, 0.1) is 32.7 Å². The first-order valence-corrected chi connectivity index (χ1v) is 11.1. The van der Waals surface area contributed by atoms with Crippen LogP contribution in [0.25, 0.3) is 21.9 Å². The van der Waals surface area contributed by atoms with Crippen LogP contribution in [0.3, 0.4) is 0 Å². The molecule has 2 amide bonds. The molecule has 5 rings (SSSR count). The van der Waals surface area contributed by atoms with Gasteiger partial charge in [0.25, 0.3) is 5.91 Å². The topological polar surface area (TPSA) is 77.1 Å². The number of carbonyl (C=O) groups excluding carboxylic acids is 2. The lowest BCUT2D eigenvalue weighted by Crippen LogP contribution is -2.42. The van der Waals surface area contributed by atoms with Gasteiger partial charge >= 0.3 is 0 Å². The fourth-order valence-corrected chi connectivity index (χ4v) is 4.48. The minimum atomic E-state index is -0.349. The fourth-order valence-electron chi connectivity index (χ4n) is 4.48. The summed E-state index contributed by atoms with van der Waals surface area (Å²) in [5.41, 5.74) is 3.51. The van der Waals surface area contributed by atoms with Crippen LogP contribution in [0.15, 0.2) is 72.8 Å². The molecule has 0 spiro atoms. The third-order valence-electron chi connectivity index (χ3n) is 6.12. The van der Waals surface area contributed by atoms with Gasteiger partial charge < -0.3 is 19.5 Å². The molecule has 0 fully saturated rings. The normalized spacial score (nSPS) is 12.7. The largest absolute Gasteiger partial charge is 0.493 e. The molecule has 0 unspecified atom stereocenters. The molecule has 35 heavy (non-hydrogen) atoms. The second-order valence-corrected chi connectivity index (χ2v) is 8.11. The van der Waals surface area contributed by atoms with Crippen molar-refractivity contribution >= 4 is 34.0 Å². The third-order valence-corrected chi connectivity index (χ3v) is 6.12. The van der Waals surface area contributed by atoms with E-state index in [2.05, 4.69) is 23.5 Å². The first-order valence-electron chi connectivity index (χ1n) is 11.1. The van der Waals surface area contributed by atoms with E-state index < -0.39 is 0 Å². The summed E-state index contributed by atoms with van der Waals surface area (Å²) in [5.74, 6) is 0.501. The van der Waals surface area contributed by atoms with Gasteiger partial charge in [0.1, 0.15) is 6.54 Å². The molecule has 176 valence electrons. The Morgan fingerprint density at radius 2 is 1.57 bits per heavy atom. The average molecular weight is 469 g/mol. The standard InChI is InChI=1S/C28H24N2O5/c1-33-24-14-19(15-25(34-2)27(24)35-3)28(32)30-16-26(31)29-22-13-18(11-12-23(22)30)21-10-6-8-17-7-4-5-9-20(17)21/h4-15H,16H2,1-3H3,(H,29,31). The van der Waals surface area contributed by atoms with Gasteiger partial charge in [0, 0.05) is 5.56 Å². The monoisotopic (exact) mass is 468 g/mol. The van der Waals surface area contributed by atoms with E-state index in [1.165, 1.54) is 26.2 Å². The third kappa shape index (κ3) is 3.91. The molecule has 1 heterocycles. The summed E-state index contributed by atoms with van der Waals surface area (Å²) in [7, 11) is 4.48. The van der Waals surface area contributed by atoms with Crippen molar-refractivity contribution in [2.75, 3.05) is 38.1 Å². The number of amides is 2. The Kier molecular flexibility index (Phi) is 5.74. The molecule has 0 saturated carbocycles. The molecule has 0 aliphatic carbocycles. The van der Waals surface area contributed by atoms with E-state index in [4.69, 9.17) is 14.2 Å². The van der Waals surface area contributed by atoms with Crippen LogP contribution in [-0.2, 0) is 4.79 Å². The highest BCUT2D eigenvalue weighted by atomic mass is 16.5. The summed E-state index contributed by atoms with van der Waals surface area (Å²) in [6, 6.07) is 23.2. The maximum Gasteiger partial charge on any atom is 0.259 e. The van der Waals surface area contributed by atoms with E-state index in [0.29, 0.717) is 34.2 Å². The average Bonchev–Trinajstić information content (AvgIpc) is 2.90. The van der Waals surface area contributed by atoms with E-state index in [1.807, 2.05) is 42.5 Å². The van der Waals surface area contributed by atoms with Crippen molar-refractivity contribution in [2.45, 2.75) is 0 Å². The van der Waals surface area contributed by atoms with E-state index in [0.717, 1.165) is 21.9 Å². The van der Waals surface area contributed by atoms with Gasteiger partial charge in [-0.05, 0) is 46.2 Å². The van der Waals surface area contributed by atoms with Gasteiger partial charge in [-0.3, -0.25) is 14.5 Å². The molecule has 0 bridgehead atoms. The molecule has 4 aromatic carbocycles. The number of nitrogens with one attached hydrogen (secondary N) is 1. The van der Waals surface area contributed by atoms with Gasteiger partial charge in [0.15, 0.2) is 11.5 Å². The van der Waals surface area contributed by atoms with Crippen molar-refractivity contribution in [3.05, 3.63) is 78.4 Å². The van der Waals surface area contributed by atoms with Crippen molar-refractivity contribution in [2.24, 2.45) is 0 Å². The number of methoxy groups -OCH3 is 3. The molecule has 7 heteroatoms. The zero-order valence-corrected chi connectivity index (χ0v) is 19.6. The highest BCUT2D eigenvalue weighted by molar-refractivity contribution is 6.16. The number of anilines is 2. The summed E-state index contributed by atoms with van der Waals surface area (Å²) in [5, 5.41) is 5.16. The first kappa shape index (κ1) is 22.3. The van der Waals surface area contributed by atoms with Gasteiger partial charge in [0.2, 0.25) is 11.7 Å². The van der Waals surface area contributed by atoms with Crippen molar-refractivity contribution in [1.82, 2.24) is 0 Å². The molecule has 7 nitrogen and oxygen atoms in total. The van der Waals surface area contributed by atoms with Gasteiger partial charge in [-0.15, -0.1) is 0 Å². The van der Waals surface area contributed by atoms with E-state index in [1.54, 1.807) is 12.1 Å². The van der Waals surface area contributed by atoms with Gasteiger partial charge in [-0.2, -0.15) is 0 Å². The zero-order valence-electron chi connectivity index (χ0n) is 19.6. The fraction of sp³-hybridized carbons (Fsp3) is 0.143. The molecule has 0 saturated heterocycles. The summed E-state index contributed by atoms with van der Waals surface area (Å²) in [6.45, 7) is -0.101. The molecule has 0 radical (unpaired) electrons. The number of benzene rings is 4. The molecular formula is C28H24N2O5. The number of hydrogen-bond acceptors (Lipinski definition) is 5. The minimum absolute atomic E-state index is 0.101. The van der Waals surface area contributed by atoms with Crippen molar-refractivity contribution in [3.8, 4) is 28.4 Å². The Labute approximate surface area is 202 Å².